The Balaban J connectivity index is 1.50. The van der Waals surface area contributed by atoms with Gasteiger partial charge in [-0.25, -0.2) is 0 Å². The van der Waals surface area contributed by atoms with Crippen molar-refractivity contribution in [3.05, 3.63) is 48.0 Å². The van der Waals surface area contributed by atoms with Gasteiger partial charge in [-0.2, -0.15) is 0 Å². The van der Waals surface area contributed by atoms with E-state index in [1.807, 2.05) is 42.5 Å². The van der Waals surface area contributed by atoms with Crippen molar-refractivity contribution in [2.24, 2.45) is 5.73 Å². The van der Waals surface area contributed by atoms with Crippen LogP contribution in [-0.2, 0) is 6.54 Å². The maximum Gasteiger partial charge on any atom is 0.231 e. The molecule has 0 saturated heterocycles. The molecule has 2 aromatic carbocycles. The Labute approximate surface area is 123 Å². The van der Waals surface area contributed by atoms with Gasteiger partial charge in [-0.1, -0.05) is 18.2 Å². The quantitative estimate of drug-likeness (QED) is 0.826. The molecule has 2 aromatic rings. The lowest BCUT2D eigenvalue weighted by atomic mass is 10.2. The SMILES string of the molecule is NCc1ccccc1OCCOc1ccc2c(c1)OCO2. The zero-order valence-electron chi connectivity index (χ0n) is 11.6. The minimum Gasteiger partial charge on any atom is -0.490 e. The number of nitrogens with two attached hydrogens (primary N) is 1. The molecule has 0 atom stereocenters. The van der Waals surface area contributed by atoms with Crippen molar-refractivity contribution in [3.63, 3.8) is 0 Å². The van der Waals surface area contributed by atoms with Crippen LogP contribution in [0.4, 0.5) is 0 Å². The number of rotatable bonds is 6. The van der Waals surface area contributed by atoms with E-state index in [0.29, 0.717) is 25.5 Å². The summed E-state index contributed by atoms with van der Waals surface area (Å²) in [6.07, 6.45) is 0. The smallest absolute Gasteiger partial charge is 0.231 e. The fraction of sp³-hybridized carbons (Fsp3) is 0.250. The van der Waals surface area contributed by atoms with Gasteiger partial charge in [-0.3, -0.25) is 0 Å². The van der Waals surface area contributed by atoms with Gasteiger partial charge in [0.2, 0.25) is 6.79 Å². The van der Waals surface area contributed by atoms with Gasteiger partial charge in [0.15, 0.2) is 11.5 Å². The molecule has 3 rings (SSSR count). The van der Waals surface area contributed by atoms with Gasteiger partial charge in [0, 0.05) is 18.2 Å². The summed E-state index contributed by atoms with van der Waals surface area (Å²) in [5, 5.41) is 0. The third kappa shape index (κ3) is 3.20. The molecule has 0 aromatic heterocycles. The van der Waals surface area contributed by atoms with Crippen molar-refractivity contribution >= 4 is 0 Å². The fourth-order valence-electron chi connectivity index (χ4n) is 2.09. The summed E-state index contributed by atoms with van der Waals surface area (Å²) in [5.41, 5.74) is 6.65. The molecule has 1 aliphatic heterocycles. The second-order valence-corrected chi connectivity index (χ2v) is 4.52. The molecule has 0 saturated carbocycles. The second kappa shape index (κ2) is 6.37. The lowest BCUT2D eigenvalue weighted by molar-refractivity contribution is 0.173. The van der Waals surface area contributed by atoms with Gasteiger partial charge in [-0.15, -0.1) is 0 Å². The molecular formula is C16H17NO4. The lowest BCUT2D eigenvalue weighted by Gasteiger charge is -2.11. The maximum absolute atomic E-state index is 5.68. The molecule has 5 heteroatoms. The highest BCUT2D eigenvalue weighted by Crippen LogP contribution is 2.35. The predicted octanol–water partition coefficient (Wildman–Crippen LogP) is 2.33. The first-order valence-corrected chi connectivity index (χ1v) is 6.80. The van der Waals surface area contributed by atoms with Crippen molar-refractivity contribution in [1.82, 2.24) is 0 Å². The molecule has 110 valence electrons. The van der Waals surface area contributed by atoms with Crippen molar-refractivity contribution in [1.29, 1.82) is 0 Å². The highest BCUT2D eigenvalue weighted by Gasteiger charge is 2.13. The summed E-state index contributed by atoms with van der Waals surface area (Å²) >= 11 is 0. The van der Waals surface area contributed by atoms with Crippen LogP contribution in [0.1, 0.15) is 5.56 Å². The van der Waals surface area contributed by atoms with Gasteiger partial charge in [0.1, 0.15) is 24.7 Å². The van der Waals surface area contributed by atoms with Gasteiger partial charge in [0.05, 0.1) is 0 Å². The topological polar surface area (TPSA) is 62.9 Å². The molecule has 0 aliphatic carbocycles. The van der Waals surface area contributed by atoms with E-state index in [-0.39, 0.29) is 6.79 Å². The zero-order chi connectivity index (χ0) is 14.5. The molecule has 2 N–H and O–H groups in total. The molecule has 0 spiro atoms. The molecule has 0 radical (unpaired) electrons. The number of benzene rings is 2. The first kappa shape index (κ1) is 13.6. The summed E-state index contributed by atoms with van der Waals surface area (Å²) in [6, 6.07) is 13.2. The van der Waals surface area contributed by atoms with E-state index in [0.717, 1.165) is 22.8 Å². The average molecular weight is 287 g/mol. The van der Waals surface area contributed by atoms with E-state index in [2.05, 4.69) is 0 Å². The summed E-state index contributed by atoms with van der Waals surface area (Å²) < 4.78 is 21.9. The molecule has 0 unspecified atom stereocenters. The first-order chi connectivity index (χ1) is 10.4. The standard InChI is InChI=1S/C16H17NO4/c17-10-12-3-1-2-4-14(12)19-8-7-18-13-5-6-15-16(9-13)21-11-20-15/h1-6,9H,7-8,10-11,17H2. The lowest BCUT2D eigenvalue weighted by Crippen LogP contribution is -2.10. The minimum absolute atomic E-state index is 0.262. The molecule has 5 nitrogen and oxygen atoms in total. The van der Waals surface area contributed by atoms with E-state index >= 15 is 0 Å². The predicted molar refractivity (Wildman–Crippen MR) is 77.9 cm³/mol. The first-order valence-electron chi connectivity index (χ1n) is 6.80. The molecule has 0 bridgehead atoms. The van der Waals surface area contributed by atoms with Crippen molar-refractivity contribution in [3.8, 4) is 23.0 Å². The van der Waals surface area contributed by atoms with Crippen LogP contribution in [0.2, 0.25) is 0 Å². The molecule has 0 amide bonds. The molecule has 1 aliphatic rings. The Morgan fingerprint density at radius 3 is 2.67 bits per heavy atom. The Hall–Kier alpha value is -2.40. The Kier molecular flexibility index (Phi) is 4.12. The van der Waals surface area contributed by atoms with Crippen LogP contribution < -0.4 is 24.7 Å². The monoisotopic (exact) mass is 287 g/mol. The fourth-order valence-corrected chi connectivity index (χ4v) is 2.09. The zero-order valence-corrected chi connectivity index (χ0v) is 11.6. The molecule has 0 fully saturated rings. The molecular weight excluding hydrogens is 270 g/mol. The van der Waals surface area contributed by atoms with Crippen LogP contribution in [0.15, 0.2) is 42.5 Å². The second-order valence-electron chi connectivity index (χ2n) is 4.52. The van der Waals surface area contributed by atoms with Crippen LogP contribution in [0.5, 0.6) is 23.0 Å². The number of ether oxygens (including phenoxy) is 4. The van der Waals surface area contributed by atoms with E-state index in [4.69, 9.17) is 24.7 Å². The van der Waals surface area contributed by atoms with Crippen LogP contribution >= 0.6 is 0 Å². The third-order valence-corrected chi connectivity index (χ3v) is 3.15. The summed E-state index contributed by atoms with van der Waals surface area (Å²) in [4.78, 5) is 0. The Bertz CT molecular complexity index is 615. The highest BCUT2D eigenvalue weighted by molar-refractivity contribution is 5.46. The average Bonchev–Trinajstić information content (AvgIpc) is 2.99. The number of fused-ring (bicyclic) bond motifs is 1. The summed E-state index contributed by atoms with van der Waals surface area (Å²) in [7, 11) is 0. The largest absolute Gasteiger partial charge is 0.490 e. The Morgan fingerprint density at radius 2 is 1.76 bits per heavy atom. The Morgan fingerprint density at radius 1 is 0.952 bits per heavy atom. The normalized spacial score (nSPS) is 12.2. The molecule has 21 heavy (non-hydrogen) atoms. The van der Waals surface area contributed by atoms with Crippen LogP contribution in [0.25, 0.3) is 0 Å². The summed E-state index contributed by atoms with van der Waals surface area (Å²) in [5.74, 6) is 2.99. The van der Waals surface area contributed by atoms with Crippen molar-refractivity contribution in [2.75, 3.05) is 20.0 Å². The van der Waals surface area contributed by atoms with Gasteiger partial charge >= 0.3 is 0 Å². The summed E-state index contributed by atoms with van der Waals surface area (Å²) in [6.45, 7) is 1.61. The highest BCUT2D eigenvalue weighted by atomic mass is 16.7. The number of para-hydroxylation sites is 1. The van der Waals surface area contributed by atoms with Crippen LogP contribution in [-0.4, -0.2) is 20.0 Å². The van der Waals surface area contributed by atoms with Crippen LogP contribution in [0.3, 0.4) is 0 Å². The molecule has 1 heterocycles. The third-order valence-electron chi connectivity index (χ3n) is 3.15. The van der Waals surface area contributed by atoms with Gasteiger partial charge in [-0.05, 0) is 18.2 Å². The van der Waals surface area contributed by atoms with Crippen molar-refractivity contribution in [2.45, 2.75) is 6.54 Å². The van der Waals surface area contributed by atoms with Gasteiger partial charge in [0.25, 0.3) is 0 Å². The van der Waals surface area contributed by atoms with Crippen molar-refractivity contribution < 1.29 is 18.9 Å². The minimum atomic E-state index is 0.262. The van der Waals surface area contributed by atoms with Gasteiger partial charge < -0.3 is 24.7 Å². The number of hydrogen-bond donors (Lipinski definition) is 1. The van der Waals surface area contributed by atoms with E-state index < -0.39 is 0 Å². The van der Waals surface area contributed by atoms with E-state index in [1.165, 1.54) is 0 Å². The number of hydrogen-bond acceptors (Lipinski definition) is 5. The van der Waals surface area contributed by atoms with Crippen LogP contribution in [0, 0.1) is 0 Å². The van der Waals surface area contributed by atoms with E-state index in [9.17, 15) is 0 Å². The maximum atomic E-state index is 5.68. The van der Waals surface area contributed by atoms with E-state index in [1.54, 1.807) is 0 Å².